The molecule has 0 aromatic heterocycles. The summed E-state index contributed by atoms with van der Waals surface area (Å²) in [5, 5.41) is 0.751. The molecule has 1 aliphatic heterocycles. The summed E-state index contributed by atoms with van der Waals surface area (Å²) < 4.78 is 13.0. The highest BCUT2D eigenvalue weighted by molar-refractivity contribution is 6.33. The van der Waals surface area contributed by atoms with Crippen LogP contribution in [0.1, 0.15) is 17.9 Å². The maximum atomic E-state index is 13.0. The maximum absolute atomic E-state index is 13.0. The summed E-state index contributed by atoms with van der Waals surface area (Å²) in [6.07, 6.45) is 0.870. The van der Waals surface area contributed by atoms with Gasteiger partial charge in [-0.3, -0.25) is 4.79 Å². The molecule has 4 rings (SSSR count). The van der Waals surface area contributed by atoms with Gasteiger partial charge in [-0.2, -0.15) is 0 Å². The zero-order valence-electron chi connectivity index (χ0n) is 13.9. The number of para-hydroxylation sites is 1. The summed E-state index contributed by atoms with van der Waals surface area (Å²) in [6.45, 7) is 3.03. The molecule has 1 saturated heterocycles. The number of benzene rings is 2. The fourth-order valence-corrected chi connectivity index (χ4v) is 3.91. The van der Waals surface area contributed by atoms with Crippen molar-refractivity contribution in [3.8, 4) is 0 Å². The molecule has 0 N–H and O–H groups in total. The van der Waals surface area contributed by atoms with Crippen LogP contribution in [-0.2, 0) is 4.79 Å². The van der Waals surface area contributed by atoms with E-state index in [1.165, 1.54) is 12.1 Å². The minimum absolute atomic E-state index is 0.0531. The van der Waals surface area contributed by atoms with Crippen LogP contribution in [0.15, 0.2) is 48.5 Å². The average molecular weight is 359 g/mol. The quantitative estimate of drug-likeness (QED) is 0.830. The van der Waals surface area contributed by atoms with Gasteiger partial charge in [0.15, 0.2) is 0 Å². The number of anilines is 1. The molecule has 1 heterocycles. The van der Waals surface area contributed by atoms with E-state index >= 15 is 0 Å². The molecule has 5 heteroatoms. The highest BCUT2D eigenvalue weighted by atomic mass is 35.5. The SMILES string of the molecule is O=C(C1CC1c1ccc(F)cc1)N1CCN(c2ccccc2Cl)CC1. The Morgan fingerprint density at radius 2 is 1.68 bits per heavy atom. The Morgan fingerprint density at radius 3 is 2.36 bits per heavy atom. The number of carbonyl (C=O) groups is 1. The number of rotatable bonds is 3. The standard InChI is InChI=1S/C20H20ClFN2O/c21-18-3-1-2-4-19(18)23-9-11-24(12-10-23)20(25)17-13-16(17)14-5-7-15(22)8-6-14/h1-8,16-17H,9-13H2. The molecule has 25 heavy (non-hydrogen) atoms. The first kappa shape index (κ1) is 16.4. The second-order valence-corrected chi connectivity index (χ2v) is 7.17. The first-order chi connectivity index (χ1) is 12.1. The number of piperazine rings is 1. The van der Waals surface area contributed by atoms with Crippen LogP contribution >= 0.6 is 11.6 Å². The zero-order valence-corrected chi connectivity index (χ0v) is 14.6. The fraction of sp³-hybridized carbons (Fsp3) is 0.350. The van der Waals surface area contributed by atoms with Gasteiger partial charge in [-0.1, -0.05) is 35.9 Å². The summed E-state index contributed by atoms with van der Waals surface area (Å²) >= 11 is 6.27. The van der Waals surface area contributed by atoms with Gasteiger partial charge in [0.25, 0.3) is 0 Å². The predicted molar refractivity (Wildman–Crippen MR) is 97.5 cm³/mol. The average Bonchev–Trinajstić information content (AvgIpc) is 3.43. The van der Waals surface area contributed by atoms with Gasteiger partial charge >= 0.3 is 0 Å². The molecule has 2 aromatic rings. The van der Waals surface area contributed by atoms with Gasteiger partial charge in [0, 0.05) is 32.1 Å². The molecular weight excluding hydrogens is 339 g/mol. The molecule has 130 valence electrons. The third kappa shape index (κ3) is 3.36. The highest BCUT2D eigenvalue weighted by Crippen LogP contribution is 2.48. The molecule has 1 saturated carbocycles. The lowest BCUT2D eigenvalue weighted by Crippen LogP contribution is -2.49. The summed E-state index contributed by atoms with van der Waals surface area (Å²) in [7, 11) is 0. The Hall–Kier alpha value is -2.07. The van der Waals surface area contributed by atoms with Crippen LogP contribution in [-0.4, -0.2) is 37.0 Å². The molecule has 0 bridgehead atoms. The van der Waals surface area contributed by atoms with Gasteiger partial charge in [0.05, 0.1) is 10.7 Å². The van der Waals surface area contributed by atoms with Crippen LogP contribution < -0.4 is 4.90 Å². The zero-order chi connectivity index (χ0) is 17.4. The molecule has 2 atom stereocenters. The van der Waals surface area contributed by atoms with Gasteiger partial charge < -0.3 is 9.80 Å². The van der Waals surface area contributed by atoms with Crippen molar-refractivity contribution in [3.05, 3.63) is 64.9 Å². The molecule has 2 aliphatic rings. The van der Waals surface area contributed by atoms with Crippen LogP contribution in [0.3, 0.4) is 0 Å². The number of nitrogens with zero attached hydrogens (tertiary/aromatic N) is 2. The second-order valence-electron chi connectivity index (χ2n) is 6.76. The van der Waals surface area contributed by atoms with Crippen molar-refractivity contribution < 1.29 is 9.18 Å². The van der Waals surface area contributed by atoms with E-state index in [0.717, 1.165) is 48.9 Å². The second kappa shape index (κ2) is 6.68. The number of halogens is 2. The van der Waals surface area contributed by atoms with E-state index in [-0.39, 0.29) is 23.6 Å². The van der Waals surface area contributed by atoms with Crippen LogP contribution in [0.5, 0.6) is 0 Å². The number of amides is 1. The van der Waals surface area contributed by atoms with Crippen molar-refractivity contribution in [2.24, 2.45) is 5.92 Å². The van der Waals surface area contributed by atoms with Gasteiger partial charge in [0.1, 0.15) is 5.82 Å². The van der Waals surface area contributed by atoms with Crippen LogP contribution in [0, 0.1) is 11.7 Å². The lowest BCUT2D eigenvalue weighted by Gasteiger charge is -2.36. The van der Waals surface area contributed by atoms with Crippen molar-refractivity contribution >= 4 is 23.2 Å². The van der Waals surface area contributed by atoms with Gasteiger partial charge in [-0.15, -0.1) is 0 Å². The summed E-state index contributed by atoms with van der Waals surface area (Å²) in [6, 6.07) is 14.3. The number of hydrogen-bond acceptors (Lipinski definition) is 2. The Kier molecular flexibility index (Phi) is 4.38. The Labute approximate surface area is 152 Å². The van der Waals surface area contributed by atoms with Crippen molar-refractivity contribution in [3.63, 3.8) is 0 Å². The summed E-state index contributed by atoms with van der Waals surface area (Å²) in [5.41, 5.74) is 2.10. The van der Waals surface area contributed by atoms with Gasteiger partial charge in [-0.25, -0.2) is 4.39 Å². The summed E-state index contributed by atoms with van der Waals surface area (Å²) in [4.78, 5) is 16.9. The molecule has 2 aromatic carbocycles. The van der Waals surface area contributed by atoms with Crippen molar-refractivity contribution in [2.45, 2.75) is 12.3 Å². The Bertz CT molecular complexity index is 772. The van der Waals surface area contributed by atoms with E-state index in [1.54, 1.807) is 12.1 Å². The van der Waals surface area contributed by atoms with Gasteiger partial charge in [-0.05, 0) is 42.2 Å². The summed E-state index contributed by atoms with van der Waals surface area (Å²) in [5.74, 6) is 0.295. The van der Waals surface area contributed by atoms with Crippen molar-refractivity contribution in [1.82, 2.24) is 4.90 Å². The molecular formula is C20H20ClFN2O. The third-order valence-corrected chi connectivity index (χ3v) is 5.51. The minimum atomic E-state index is -0.233. The molecule has 1 amide bonds. The maximum Gasteiger partial charge on any atom is 0.226 e. The smallest absolute Gasteiger partial charge is 0.226 e. The van der Waals surface area contributed by atoms with E-state index in [1.807, 2.05) is 29.2 Å². The molecule has 2 unspecified atom stereocenters. The van der Waals surface area contributed by atoms with E-state index in [9.17, 15) is 9.18 Å². The number of carbonyl (C=O) groups excluding carboxylic acids is 1. The molecule has 3 nitrogen and oxygen atoms in total. The Morgan fingerprint density at radius 1 is 1.00 bits per heavy atom. The normalized spacial score (nSPS) is 22.8. The third-order valence-electron chi connectivity index (χ3n) is 5.19. The molecule has 2 fully saturated rings. The fourth-order valence-electron chi connectivity index (χ4n) is 3.66. The molecule has 0 spiro atoms. The van der Waals surface area contributed by atoms with E-state index < -0.39 is 0 Å². The molecule has 1 aliphatic carbocycles. The van der Waals surface area contributed by atoms with E-state index in [0.29, 0.717) is 0 Å². The van der Waals surface area contributed by atoms with Crippen LogP contribution in [0.4, 0.5) is 10.1 Å². The lowest BCUT2D eigenvalue weighted by molar-refractivity contribution is -0.132. The highest BCUT2D eigenvalue weighted by Gasteiger charge is 2.46. The minimum Gasteiger partial charge on any atom is -0.367 e. The largest absolute Gasteiger partial charge is 0.367 e. The number of hydrogen-bond donors (Lipinski definition) is 0. The van der Waals surface area contributed by atoms with Crippen LogP contribution in [0.2, 0.25) is 5.02 Å². The molecule has 0 radical (unpaired) electrons. The van der Waals surface area contributed by atoms with Crippen molar-refractivity contribution in [2.75, 3.05) is 31.1 Å². The topological polar surface area (TPSA) is 23.6 Å². The predicted octanol–water partition coefficient (Wildman–Crippen LogP) is 3.93. The Balaban J connectivity index is 1.35. The monoisotopic (exact) mass is 358 g/mol. The van der Waals surface area contributed by atoms with Crippen LogP contribution in [0.25, 0.3) is 0 Å². The first-order valence-corrected chi connectivity index (χ1v) is 9.05. The van der Waals surface area contributed by atoms with Crippen molar-refractivity contribution in [1.29, 1.82) is 0 Å². The lowest BCUT2D eigenvalue weighted by atomic mass is 10.1. The first-order valence-electron chi connectivity index (χ1n) is 8.67. The van der Waals surface area contributed by atoms with Gasteiger partial charge in [0.2, 0.25) is 5.91 Å². The van der Waals surface area contributed by atoms with E-state index in [2.05, 4.69) is 4.90 Å². The van der Waals surface area contributed by atoms with E-state index in [4.69, 9.17) is 11.6 Å².